The van der Waals surface area contributed by atoms with Crippen LogP contribution < -0.4 is 0 Å². The molecule has 2 heterocycles. The van der Waals surface area contributed by atoms with Crippen LogP contribution in [0.1, 0.15) is 25.7 Å². The van der Waals surface area contributed by atoms with Crippen molar-refractivity contribution in [2.24, 2.45) is 10.9 Å². The van der Waals surface area contributed by atoms with E-state index in [2.05, 4.69) is 0 Å². The third kappa shape index (κ3) is 1.20. The van der Waals surface area contributed by atoms with Crippen molar-refractivity contribution in [2.45, 2.75) is 31.7 Å². The first-order chi connectivity index (χ1) is 6.86. The second kappa shape index (κ2) is 3.26. The Morgan fingerprint density at radius 3 is 3.14 bits per heavy atom. The molecule has 1 amide bonds. The third-order valence-corrected chi connectivity index (χ3v) is 4.34. The molecule has 2 aliphatic heterocycles. The lowest BCUT2D eigenvalue weighted by Gasteiger charge is -2.35. The van der Waals surface area contributed by atoms with Crippen molar-refractivity contribution in [2.75, 3.05) is 12.3 Å². The fourth-order valence-corrected chi connectivity index (χ4v) is 3.61. The number of hydrogen-bond acceptors (Lipinski definition) is 3. The van der Waals surface area contributed by atoms with Gasteiger partial charge in [0.2, 0.25) is 5.91 Å². The number of thioether (sulfide) groups is 1. The van der Waals surface area contributed by atoms with Crippen molar-refractivity contribution < 1.29 is 4.79 Å². The van der Waals surface area contributed by atoms with E-state index in [0.29, 0.717) is 11.9 Å². The van der Waals surface area contributed by atoms with Crippen LogP contribution in [0.3, 0.4) is 0 Å². The standard InChI is InChI=1S/C10H14N2OS/c13-9-7-3-1-2-4-8(7)11-10-12(9)5-6-14-10/h7-8H,1-6H2/t7-,8+/m1/s1. The summed E-state index contributed by atoms with van der Waals surface area (Å²) in [4.78, 5) is 18.7. The number of amidine groups is 1. The molecule has 3 rings (SSSR count). The first-order valence-electron chi connectivity index (χ1n) is 5.38. The Morgan fingerprint density at radius 2 is 2.21 bits per heavy atom. The zero-order chi connectivity index (χ0) is 9.54. The number of carbonyl (C=O) groups excluding carboxylic acids is 1. The second-order valence-electron chi connectivity index (χ2n) is 4.21. The average Bonchev–Trinajstić information content (AvgIpc) is 2.66. The second-order valence-corrected chi connectivity index (χ2v) is 5.27. The van der Waals surface area contributed by atoms with Crippen LogP contribution in [0.25, 0.3) is 0 Å². The van der Waals surface area contributed by atoms with E-state index >= 15 is 0 Å². The highest BCUT2D eigenvalue weighted by molar-refractivity contribution is 8.14. The number of nitrogens with zero attached hydrogens (tertiary/aromatic N) is 2. The van der Waals surface area contributed by atoms with Crippen LogP contribution in [0.15, 0.2) is 4.99 Å². The van der Waals surface area contributed by atoms with Gasteiger partial charge < -0.3 is 0 Å². The van der Waals surface area contributed by atoms with Gasteiger partial charge in [-0.1, -0.05) is 24.6 Å². The number of fused-ring (bicyclic) bond motifs is 2. The van der Waals surface area contributed by atoms with Gasteiger partial charge in [-0.05, 0) is 12.8 Å². The van der Waals surface area contributed by atoms with E-state index in [-0.39, 0.29) is 5.92 Å². The predicted molar refractivity (Wildman–Crippen MR) is 57.4 cm³/mol. The fraction of sp³-hybridized carbons (Fsp3) is 0.800. The van der Waals surface area contributed by atoms with Gasteiger partial charge >= 0.3 is 0 Å². The summed E-state index contributed by atoms with van der Waals surface area (Å²) in [7, 11) is 0. The summed E-state index contributed by atoms with van der Waals surface area (Å²) in [5.41, 5.74) is 0. The Labute approximate surface area is 87.9 Å². The molecule has 0 radical (unpaired) electrons. The minimum absolute atomic E-state index is 0.214. The minimum Gasteiger partial charge on any atom is -0.290 e. The SMILES string of the molecule is O=C1[C@@H]2CCCC[C@@H]2N=C2SCCN12. The first kappa shape index (κ1) is 8.77. The molecule has 2 atom stereocenters. The molecule has 4 heteroatoms. The van der Waals surface area contributed by atoms with Gasteiger partial charge in [0.1, 0.15) is 0 Å². The molecule has 76 valence electrons. The predicted octanol–water partition coefficient (Wildman–Crippen LogP) is 1.49. The van der Waals surface area contributed by atoms with Gasteiger partial charge in [-0.15, -0.1) is 0 Å². The Bertz CT molecular complexity index is 302. The molecule has 0 N–H and O–H groups in total. The maximum Gasteiger partial charge on any atom is 0.233 e. The van der Waals surface area contributed by atoms with E-state index in [1.54, 1.807) is 11.8 Å². The summed E-state index contributed by atoms with van der Waals surface area (Å²) in [6.45, 7) is 0.881. The lowest BCUT2D eigenvalue weighted by Crippen LogP contribution is -2.46. The Balaban J connectivity index is 1.93. The van der Waals surface area contributed by atoms with E-state index in [1.165, 1.54) is 12.8 Å². The van der Waals surface area contributed by atoms with Crippen molar-refractivity contribution in [1.82, 2.24) is 4.90 Å². The van der Waals surface area contributed by atoms with Gasteiger partial charge in [0.15, 0.2) is 5.17 Å². The molecule has 0 aromatic rings. The van der Waals surface area contributed by atoms with Gasteiger partial charge in [0, 0.05) is 12.3 Å². The van der Waals surface area contributed by atoms with Gasteiger partial charge in [-0.25, -0.2) is 0 Å². The highest BCUT2D eigenvalue weighted by Gasteiger charge is 2.41. The molecule has 0 aromatic carbocycles. The number of carbonyl (C=O) groups is 1. The number of amides is 1. The van der Waals surface area contributed by atoms with Crippen molar-refractivity contribution in [1.29, 1.82) is 0 Å². The quantitative estimate of drug-likeness (QED) is 0.607. The van der Waals surface area contributed by atoms with Gasteiger partial charge in [-0.3, -0.25) is 14.7 Å². The van der Waals surface area contributed by atoms with Crippen molar-refractivity contribution >= 4 is 22.8 Å². The molecule has 2 fully saturated rings. The van der Waals surface area contributed by atoms with Crippen LogP contribution in [0.5, 0.6) is 0 Å². The van der Waals surface area contributed by atoms with Crippen LogP contribution in [-0.4, -0.2) is 34.3 Å². The Kier molecular flexibility index (Phi) is 2.04. The molecule has 1 aliphatic carbocycles. The van der Waals surface area contributed by atoms with Gasteiger partial charge in [-0.2, -0.15) is 0 Å². The number of aliphatic imine (C=N–C) groups is 1. The van der Waals surface area contributed by atoms with Crippen molar-refractivity contribution in [3.63, 3.8) is 0 Å². The normalized spacial score (nSPS) is 36.4. The molecule has 0 aromatic heterocycles. The fourth-order valence-electron chi connectivity index (χ4n) is 2.61. The molecular formula is C10H14N2OS. The molecule has 1 saturated heterocycles. The molecule has 0 unspecified atom stereocenters. The lowest BCUT2D eigenvalue weighted by molar-refractivity contribution is -0.133. The maximum absolute atomic E-state index is 12.1. The van der Waals surface area contributed by atoms with Crippen molar-refractivity contribution in [3.05, 3.63) is 0 Å². The molecular weight excluding hydrogens is 196 g/mol. The first-order valence-corrected chi connectivity index (χ1v) is 6.37. The summed E-state index contributed by atoms with van der Waals surface area (Å²) >= 11 is 1.74. The summed E-state index contributed by atoms with van der Waals surface area (Å²) in [6.07, 6.45) is 4.63. The average molecular weight is 210 g/mol. The smallest absolute Gasteiger partial charge is 0.233 e. The van der Waals surface area contributed by atoms with Crippen molar-refractivity contribution in [3.8, 4) is 0 Å². The van der Waals surface area contributed by atoms with Gasteiger partial charge in [0.25, 0.3) is 0 Å². The zero-order valence-corrected chi connectivity index (χ0v) is 8.92. The van der Waals surface area contributed by atoms with E-state index in [0.717, 1.165) is 30.3 Å². The summed E-state index contributed by atoms with van der Waals surface area (Å²) in [6, 6.07) is 0.313. The van der Waals surface area contributed by atoms with Gasteiger partial charge in [0.05, 0.1) is 12.0 Å². The topological polar surface area (TPSA) is 32.7 Å². The number of hydrogen-bond donors (Lipinski definition) is 0. The molecule has 3 aliphatic rings. The monoisotopic (exact) mass is 210 g/mol. The molecule has 0 spiro atoms. The van der Waals surface area contributed by atoms with Crippen LogP contribution in [0.4, 0.5) is 0 Å². The highest BCUT2D eigenvalue weighted by Crippen LogP contribution is 2.35. The van der Waals surface area contributed by atoms with E-state index < -0.39 is 0 Å². The summed E-state index contributed by atoms with van der Waals surface area (Å²) < 4.78 is 0. The maximum atomic E-state index is 12.1. The van der Waals surface area contributed by atoms with E-state index in [1.807, 2.05) is 4.90 Å². The molecule has 3 nitrogen and oxygen atoms in total. The van der Waals surface area contributed by atoms with E-state index in [9.17, 15) is 4.79 Å². The largest absolute Gasteiger partial charge is 0.290 e. The van der Waals surface area contributed by atoms with Crippen LogP contribution >= 0.6 is 11.8 Å². The Hall–Kier alpha value is -0.510. The molecule has 0 bridgehead atoms. The minimum atomic E-state index is 0.214. The van der Waals surface area contributed by atoms with Crippen LogP contribution in [0, 0.1) is 5.92 Å². The third-order valence-electron chi connectivity index (χ3n) is 3.37. The Morgan fingerprint density at radius 1 is 1.36 bits per heavy atom. The molecule has 14 heavy (non-hydrogen) atoms. The molecule has 1 saturated carbocycles. The number of rotatable bonds is 0. The zero-order valence-electron chi connectivity index (χ0n) is 8.11. The van der Waals surface area contributed by atoms with Crippen LogP contribution in [0.2, 0.25) is 0 Å². The lowest BCUT2D eigenvalue weighted by atomic mass is 9.83. The van der Waals surface area contributed by atoms with E-state index in [4.69, 9.17) is 4.99 Å². The summed E-state index contributed by atoms with van der Waals surface area (Å²) in [5, 5.41) is 0.998. The van der Waals surface area contributed by atoms with Crippen LogP contribution in [-0.2, 0) is 4.79 Å². The highest BCUT2D eigenvalue weighted by atomic mass is 32.2. The summed E-state index contributed by atoms with van der Waals surface area (Å²) in [5.74, 6) is 1.60.